The molecule has 0 fully saturated rings. The standard InChI is InChI=1S/C11H13ClO3/c1-3-4-8-9(11(14)15-2)5-7(12)6-10(8)13/h5-6,13H,3-4H2,1-2H3. The highest BCUT2D eigenvalue weighted by molar-refractivity contribution is 6.31. The second-order valence-electron chi connectivity index (χ2n) is 3.19. The minimum absolute atomic E-state index is 0.0461. The molecule has 0 aliphatic carbocycles. The first-order valence-corrected chi connectivity index (χ1v) is 5.07. The maximum Gasteiger partial charge on any atom is 0.338 e. The first-order chi connectivity index (χ1) is 7.10. The van der Waals surface area contributed by atoms with Crippen LogP contribution in [0, 0.1) is 0 Å². The van der Waals surface area contributed by atoms with Crippen molar-refractivity contribution in [3.8, 4) is 5.75 Å². The molecule has 0 spiro atoms. The lowest BCUT2D eigenvalue weighted by molar-refractivity contribution is 0.0599. The Kier molecular flexibility index (Phi) is 3.97. The lowest BCUT2D eigenvalue weighted by atomic mass is 10.0. The van der Waals surface area contributed by atoms with Crippen LogP contribution in [0.25, 0.3) is 0 Å². The van der Waals surface area contributed by atoms with Gasteiger partial charge in [0.25, 0.3) is 0 Å². The SMILES string of the molecule is CCCc1c(O)cc(Cl)cc1C(=O)OC. The van der Waals surface area contributed by atoms with Crippen LogP contribution < -0.4 is 0 Å². The van der Waals surface area contributed by atoms with E-state index in [0.717, 1.165) is 6.42 Å². The second kappa shape index (κ2) is 5.03. The van der Waals surface area contributed by atoms with E-state index in [9.17, 15) is 9.90 Å². The number of phenols is 1. The van der Waals surface area contributed by atoms with Crippen LogP contribution in [0.3, 0.4) is 0 Å². The Bertz CT molecular complexity index is 374. The summed E-state index contributed by atoms with van der Waals surface area (Å²) >= 11 is 5.76. The summed E-state index contributed by atoms with van der Waals surface area (Å²) in [7, 11) is 1.30. The van der Waals surface area contributed by atoms with Crippen LogP contribution >= 0.6 is 11.6 Å². The van der Waals surface area contributed by atoms with Crippen molar-refractivity contribution in [3.05, 3.63) is 28.3 Å². The number of carbonyl (C=O) groups is 1. The summed E-state index contributed by atoms with van der Waals surface area (Å²) < 4.78 is 4.62. The van der Waals surface area contributed by atoms with Crippen LogP contribution in [-0.2, 0) is 11.2 Å². The largest absolute Gasteiger partial charge is 0.508 e. The van der Waals surface area contributed by atoms with E-state index < -0.39 is 5.97 Å². The maximum atomic E-state index is 11.4. The summed E-state index contributed by atoms with van der Waals surface area (Å²) in [4.78, 5) is 11.4. The Hall–Kier alpha value is -1.22. The fourth-order valence-corrected chi connectivity index (χ4v) is 1.64. The first kappa shape index (κ1) is 11.9. The summed E-state index contributed by atoms with van der Waals surface area (Å²) in [5.41, 5.74) is 0.929. The van der Waals surface area contributed by atoms with Crippen LogP contribution in [0.1, 0.15) is 29.3 Å². The third-order valence-electron chi connectivity index (χ3n) is 2.10. The molecule has 0 bridgehead atoms. The zero-order valence-corrected chi connectivity index (χ0v) is 9.47. The van der Waals surface area contributed by atoms with Gasteiger partial charge in [0, 0.05) is 10.6 Å². The molecule has 0 atom stereocenters. The van der Waals surface area contributed by atoms with Crippen molar-refractivity contribution in [2.45, 2.75) is 19.8 Å². The summed E-state index contributed by atoms with van der Waals surface area (Å²) in [5, 5.41) is 9.98. The highest BCUT2D eigenvalue weighted by atomic mass is 35.5. The van der Waals surface area contributed by atoms with E-state index >= 15 is 0 Å². The summed E-state index contributed by atoms with van der Waals surface area (Å²) in [6.07, 6.45) is 1.45. The summed E-state index contributed by atoms with van der Waals surface area (Å²) in [6, 6.07) is 2.94. The van der Waals surface area contributed by atoms with Gasteiger partial charge >= 0.3 is 5.97 Å². The zero-order valence-electron chi connectivity index (χ0n) is 8.71. The molecule has 0 saturated carbocycles. The number of hydrogen-bond acceptors (Lipinski definition) is 3. The Balaban J connectivity index is 3.26. The molecule has 0 saturated heterocycles. The lowest BCUT2D eigenvalue weighted by Gasteiger charge is -2.09. The molecule has 0 aliphatic rings. The van der Waals surface area contributed by atoms with Gasteiger partial charge in [-0.3, -0.25) is 0 Å². The van der Waals surface area contributed by atoms with E-state index in [-0.39, 0.29) is 5.75 Å². The van der Waals surface area contributed by atoms with Gasteiger partial charge in [0.2, 0.25) is 0 Å². The Morgan fingerprint density at radius 1 is 1.53 bits per heavy atom. The number of esters is 1. The zero-order chi connectivity index (χ0) is 11.4. The van der Waals surface area contributed by atoms with Gasteiger partial charge in [0.05, 0.1) is 12.7 Å². The van der Waals surface area contributed by atoms with Crippen LogP contribution in [0.15, 0.2) is 12.1 Å². The number of methoxy groups -OCH3 is 1. The molecule has 0 radical (unpaired) electrons. The first-order valence-electron chi connectivity index (χ1n) is 4.69. The number of carbonyl (C=O) groups excluding carboxylic acids is 1. The molecule has 82 valence electrons. The molecule has 15 heavy (non-hydrogen) atoms. The van der Waals surface area contributed by atoms with Crippen molar-refractivity contribution in [1.29, 1.82) is 0 Å². The smallest absolute Gasteiger partial charge is 0.338 e. The summed E-state index contributed by atoms with van der Waals surface area (Å²) in [6.45, 7) is 1.97. The fraction of sp³-hybridized carbons (Fsp3) is 0.364. The van der Waals surface area contributed by atoms with Crippen molar-refractivity contribution in [2.75, 3.05) is 7.11 Å². The van der Waals surface area contributed by atoms with Gasteiger partial charge in [-0.1, -0.05) is 24.9 Å². The number of ether oxygens (including phenoxy) is 1. The van der Waals surface area contributed by atoms with Gasteiger partial charge in [-0.05, 0) is 18.6 Å². The average molecular weight is 229 g/mol. The molecule has 1 aromatic carbocycles. The van der Waals surface area contributed by atoms with E-state index in [1.54, 1.807) is 0 Å². The van der Waals surface area contributed by atoms with E-state index in [1.165, 1.54) is 19.2 Å². The van der Waals surface area contributed by atoms with Crippen molar-refractivity contribution in [2.24, 2.45) is 0 Å². The number of phenolic OH excluding ortho intramolecular Hbond substituents is 1. The Morgan fingerprint density at radius 2 is 2.20 bits per heavy atom. The Morgan fingerprint density at radius 3 is 2.73 bits per heavy atom. The van der Waals surface area contributed by atoms with Gasteiger partial charge in [0.1, 0.15) is 5.75 Å². The third kappa shape index (κ3) is 2.63. The minimum atomic E-state index is -0.476. The van der Waals surface area contributed by atoms with Crippen molar-refractivity contribution in [3.63, 3.8) is 0 Å². The monoisotopic (exact) mass is 228 g/mol. The molecular weight excluding hydrogens is 216 g/mol. The third-order valence-corrected chi connectivity index (χ3v) is 2.31. The molecule has 0 unspecified atom stereocenters. The molecule has 1 aromatic rings. The van der Waals surface area contributed by atoms with Crippen molar-refractivity contribution < 1.29 is 14.6 Å². The van der Waals surface area contributed by atoms with Crippen LogP contribution in [-0.4, -0.2) is 18.2 Å². The number of aromatic hydroxyl groups is 1. The van der Waals surface area contributed by atoms with Gasteiger partial charge < -0.3 is 9.84 Å². The normalized spacial score (nSPS) is 10.1. The maximum absolute atomic E-state index is 11.4. The molecule has 0 aliphatic heterocycles. The van der Waals surface area contributed by atoms with Crippen molar-refractivity contribution in [1.82, 2.24) is 0 Å². The number of halogens is 1. The molecule has 0 amide bonds. The van der Waals surface area contributed by atoms with Crippen LogP contribution in [0.5, 0.6) is 5.75 Å². The average Bonchev–Trinajstić information content (AvgIpc) is 2.20. The second-order valence-corrected chi connectivity index (χ2v) is 3.63. The molecule has 4 heteroatoms. The molecule has 3 nitrogen and oxygen atoms in total. The number of benzene rings is 1. The lowest BCUT2D eigenvalue weighted by Crippen LogP contribution is -2.06. The Labute approximate surface area is 93.6 Å². The van der Waals surface area contributed by atoms with E-state index in [1.807, 2.05) is 6.92 Å². The summed E-state index contributed by atoms with van der Waals surface area (Å²) in [5.74, 6) is -0.430. The molecule has 0 heterocycles. The van der Waals surface area contributed by atoms with Gasteiger partial charge in [-0.25, -0.2) is 4.79 Å². The molecule has 1 N–H and O–H groups in total. The topological polar surface area (TPSA) is 46.5 Å². The van der Waals surface area contributed by atoms with E-state index in [0.29, 0.717) is 22.6 Å². The van der Waals surface area contributed by atoms with E-state index in [2.05, 4.69) is 4.74 Å². The molecule has 1 rings (SSSR count). The molecule has 0 aromatic heterocycles. The minimum Gasteiger partial charge on any atom is -0.508 e. The quantitative estimate of drug-likeness (QED) is 0.810. The fourth-order valence-electron chi connectivity index (χ4n) is 1.43. The predicted molar refractivity (Wildman–Crippen MR) is 58.5 cm³/mol. The van der Waals surface area contributed by atoms with Crippen LogP contribution in [0.4, 0.5) is 0 Å². The van der Waals surface area contributed by atoms with Gasteiger partial charge in [-0.2, -0.15) is 0 Å². The van der Waals surface area contributed by atoms with Gasteiger partial charge in [0.15, 0.2) is 0 Å². The molecular formula is C11H13ClO3. The van der Waals surface area contributed by atoms with Gasteiger partial charge in [-0.15, -0.1) is 0 Å². The van der Waals surface area contributed by atoms with Crippen LogP contribution in [0.2, 0.25) is 5.02 Å². The highest BCUT2D eigenvalue weighted by Gasteiger charge is 2.15. The number of rotatable bonds is 3. The number of hydrogen-bond donors (Lipinski definition) is 1. The highest BCUT2D eigenvalue weighted by Crippen LogP contribution is 2.28. The predicted octanol–water partition coefficient (Wildman–Crippen LogP) is 2.78. The van der Waals surface area contributed by atoms with Crippen molar-refractivity contribution >= 4 is 17.6 Å². The van der Waals surface area contributed by atoms with E-state index in [4.69, 9.17) is 11.6 Å².